The summed E-state index contributed by atoms with van der Waals surface area (Å²) in [7, 11) is 0. The highest BCUT2D eigenvalue weighted by molar-refractivity contribution is 5.19. The Kier molecular flexibility index (Phi) is 4.42. The zero-order chi connectivity index (χ0) is 13.9. The zero-order valence-electron chi connectivity index (χ0n) is 12.9. The highest BCUT2D eigenvalue weighted by atomic mass is 15.2. The molecule has 3 rings (SSSR count). The first-order valence-corrected chi connectivity index (χ1v) is 8.29. The molecule has 0 aliphatic carbocycles. The molecule has 20 heavy (non-hydrogen) atoms. The first-order valence-electron chi connectivity index (χ1n) is 8.29. The molecule has 3 unspecified atom stereocenters. The van der Waals surface area contributed by atoms with Crippen molar-refractivity contribution in [2.45, 2.75) is 57.7 Å². The second kappa shape index (κ2) is 6.28. The zero-order valence-corrected chi connectivity index (χ0v) is 12.9. The van der Waals surface area contributed by atoms with Crippen LogP contribution in [0.15, 0.2) is 30.3 Å². The fourth-order valence-electron chi connectivity index (χ4n) is 3.99. The van der Waals surface area contributed by atoms with Crippen LogP contribution in [0, 0.1) is 5.92 Å². The predicted molar refractivity (Wildman–Crippen MR) is 84.8 cm³/mol. The van der Waals surface area contributed by atoms with E-state index in [1.165, 1.54) is 44.3 Å². The number of benzene rings is 1. The summed E-state index contributed by atoms with van der Waals surface area (Å²) >= 11 is 0. The fourth-order valence-corrected chi connectivity index (χ4v) is 3.99. The molecule has 0 bridgehead atoms. The van der Waals surface area contributed by atoms with Gasteiger partial charge < -0.3 is 5.32 Å². The quantitative estimate of drug-likeness (QED) is 0.881. The maximum Gasteiger partial charge on any atom is 0.0325 e. The van der Waals surface area contributed by atoms with E-state index in [9.17, 15) is 0 Å². The molecule has 0 radical (unpaired) electrons. The van der Waals surface area contributed by atoms with Gasteiger partial charge in [0.25, 0.3) is 0 Å². The van der Waals surface area contributed by atoms with Gasteiger partial charge in [-0.05, 0) is 43.7 Å². The van der Waals surface area contributed by atoms with Crippen molar-refractivity contribution in [1.82, 2.24) is 10.2 Å². The smallest absolute Gasteiger partial charge is 0.0325 e. The third kappa shape index (κ3) is 3.07. The number of nitrogens with zero attached hydrogens (tertiary/aromatic N) is 1. The fraction of sp³-hybridized carbons (Fsp3) is 0.667. The van der Waals surface area contributed by atoms with Crippen molar-refractivity contribution in [3.05, 3.63) is 35.9 Å². The Morgan fingerprint density at radius 3 is 2.70 bits per heavy atom. The van der Waals surface area contributed by atoms with Crippen molar-refractivity contribution < 1.29 is 0 Å². The standard InChI is InChI=1S/C18H28N2/c1-14(2)13-17(15-7-4-3-5-8-15)19-16-10-12-20-11-6-9-18(16)20/h3-5,7-8,14,16-19H,6,9-13H2,1-2H3. The van der Waals surface area contributed by atoms with Crippen LogP contribution in [0.5, 0.6) is 0 Å². The maximum absolute atomic E-state index is 3.99. The normalized spacial score (nSPS) is 27.9. The van der Waals surface area contributed by atoms with Gasteiger partial charge in [0, 0.05) is 24.7 Å². The molecule has 2 aliphatic rings. The molecule has 2 fully saturated rings. The summed E-state index contributed by atoms with van der Waals surface area (Å²) in [5.41, 5.74) is 1.46. The van der Waals surface area contributed by atoms with E-state index in [1.54, 1.807) is 0 Å². The largest absolute Gasteiger partial charge is 0.306 e. The summed E-state index contributed by atoms with van der Waals surface area (Å²) in [6.07, 6.45) is 5.34. The average molecular weight is 272 g/mol. The van der Waals surface area contributed by atoms with Gasteiger partial charge in [-0.2, -0.15) is 0 Å². The molecule has 0 spiro atoms. The monoisotopic (exact) mass is 272 g/mol. The third-order valence-corrected chi connectivity index (χ3v) is 4.93. The molecule has 2 nitrogen and oxygen atoms in total. The van der Waals surface area contributed by atoms with E-state index in [4.69, 9.17) is 0 Å². The number of hydrogen-bond donors (Lipinski definition) is 1. The summed E-state index contributed by atoms with van der Waals surface area (Å²) in [5, 5.41) is 3.99. The van der Waals surface area contributed by atoms with Crippen LogP contribution in [0.4, 0.5) is 0 Å². The lowest BCUT2D eigenvalue weighted by molar-refractivity contribution is 0.280. The van der Waals surface area contributed by atoms with Crippen LogP contribution in [-0.4, -0.2) is 30.1 Å². The Morgan fingerprint density at radius 2 is 1.95 bits per heavy atom. The summed E-state index contributed by atoms with van der Waals surface area (Å²) in [6.45, 7) is 7.27. The first kappa shape index (κ1) is 14.1. The minimum absolute atomic E-state index is 0.516. The lowest BCUT2D eigenvalue weighted by atomic mass is 9.95. The summed E-state index contributed by atoms with van der Waals surface area (Å²) in [6, 6.07) is 13.0. The van der Waals surface area contributed by atoms with Crippen molar-refractivity contribution in [3.8, 4) is 0 Å². The van der Waals surface area contributed by atoms with E-state index in [0.29, 0.717) is 12.1 Å². The van der Waals surface area contributed by atoms with Crippen LogP contribution < -0.4 is 5.32 Å². The average Bonchev–Trinajstić information content (AvgIpc) is 3.03. The molecule has 2 saturated heterocycles. The molecule has 0 saturated carbocycles. The third-order valence-electron chi connectivity index (χ3n) is 4.93. The van der Waals surface area contributed by atoms with Gasteiger partial charge in [0.2, 0.25) is 0 Å². The van der Waals surface area contributed by atoms with Crippen LogP contribution in [0.1, 0.15) is 51.1 Å². The number of nitrogens with one attached hydrogen (secondary N) is 1. The highest BCUT2D eigenvalue weighted by Gasteiger charge is 2.37. The number of rotatable bonds is 5. The molecular formula is C18H28N2. The van der Waals surface area contributed by atoms with Crippen molar-refractivity contribution in [1.29, 1.82) is 0 Å². The lowest BCUT2D eigenvalue weighted by Crippen LogP contribution is -2.41. The van der Waals surface area contributed by atoms with E-state index >= 15 is 0 Å². The van der Waals surface area contributed by atoms with E-state index in [0.717, 1.165) is 12.0 Å². The molecule has 1 aromatic rings. The van der Waals surface area contributed by atoms with E-state index in [2.05, 4.69) is 54.4 Å². The van der Waals surface area contributed by atoms with Gasteiger partial charge in [-0.25, -0.2) is 0 Å². The van der Waals surface area contributed by atoms with Gasteiger partial charge in [0.05, 0.1) is 0 Å². The Balaban J connectivity index is 1.70. The molecule has 1 N–H and O–H groups in total. The Labute approximate surface area is 123 Å². The minimum Gasteiger partial charge on any atom is -0.306 e. The van der Waals surface area contributed by atoms with Gasteiger partial charge in [0.1, 0.15) is 0 Å². The van der Waals surface area contributed by atoms with Crippen LogP contribution in [0.3, 0.4) is 0 Å². The molecule has 2 heterocycles. The van der Waals surface area contributed by atoms with E-state index in [1.807, 2.05) is 0 Å². The maximum atomic E-state index is 3.99. The van der Waals surface area contributed by atoms with Crippen molar-refractivity contribution in [3.63, 3.8) is 0 Å². The second-order valence-electron chi connectivity index (χ2n) is 6.90. The van der Waals surface area contributed by atoms with Gasteiger partial charge in [-0.15, -0.1) is 0 Å². The molecular weight excluding hydrogens is 244 g/mol. The Hall–Kier alpha value is -0.860. The van der Waals surface area contributed by atoms with Crippen LogP contribution in [0.2, 0.25) is 0 Å². The van der Waals surface area contributed by atoms with E-state index in [-0.39, 0.29) is 0 Å². The molecule has 2 aliphatic heterocycles. The SMILES string of the molecule is CC(C)CC(NC1CCN2CCCC12)c1ccccc1. The molecule has 0 amide bonds. The predicted octanol–water partition coefficient (Wildman–Crippen LogP) is 3.60. The van der Waals surface area contributed by atoms with Crippen LogP contribution in [-0.2, 0) is 0 Å². The van der Waals surface area contributed by atoms with E-state index < -0.39 is 0 Å². The van der Waals surface area contributed by atoms with Crippen molar-refractivity contribution >= 4 is 0 Å². The molecule has 3 atom stereocenters. The first-order chi connectivity index (χ1) is 9.74. The number of fused-ring (bicyclic) bond motifs is 1. The summed E-state index contributed by atoms with van der Waals surface area (Å²) in [5.74, 6) is 0.730. The molecule has 110 valence electrons. The molecule has 1 aromatic carbocycles. The van der Waals surface area contributed by atoms with Gasteiger partial charge >= 0.3 is 0 Å². The van der Waals surface area contributed by atoms with Crippen molar-refractivity contribution in [2.75, 3.05) is 13.1 Å². The van der Waals surface area contributed by atoms with Crippen molar-refractivity contribution in [2.24, 2.45) is 5.92 Å². The summed E-state index contributed by atoms with van der Waals surface area (Å²) in [4.78, 5) is 2.69. The minimum atomic E-state index is 0.516. The molecule has 2 heteroatoms. The second-order valence-corrected chi connectivity index (χ2v) is 6.90. The number of hydrogen-bond acceptors (Lipinski definition) is 2. The Bertz CT molecular complexity index is 415. The summed E-state index contributed by atoms with van der Waals surface area (Å²) < 4.78 is 0. The molecule has 0 aromatic heterocycles. The van der Waals surface area contributed by atoms with Crippen LogP contribution in [0.25, 0.3) is 0 Å². The Morgan fingerprint density at radius 1 is 1.15 bits per heavy atom. The van der Waals surface area contributed by atoms with Gasteiger partial charge in [0.15, 0.2) is 0 Å². The topological polar surface area (TPSA) is 15.3 Å². The highest BCUT2D eigenvalue weighted by Crippen LogP contribution is 2.31. The van der Waals surface area contributed by atoms with Gasteiger partial charge in [-0.1, -0.05) is 44.2 Å². The van der Waals surface area contributed by atoms with Gasteiger partial charge in [-0.3, -0.25) is 4.90 Å². The van der Waals surface area contributed by atoms with Crippen LogP contribution >= 0.6 is 0 Å². The lowest BCUT2D eigenvalue weighted by Gasteiger charge is -2.28.